The molecule has 23 heavy (non-hydrogen) atoms. The predicted octanol–water partition coefficient (Wildman–Crippen LogP) is 3.13. The molecule has 1 aromatic heterocycles. The molecule has 1 aromatic carbocycles. The van der Waals surface area contributed by atoms with Gasteiger partial charge in [-0.05, 0) is 30.5 Å². The largest absolute Gasteiger partial charge is 0.398 e. The van der Waals surface area contributed by atoms with Gasteiger partial charge in [0, 0.05) is 17.9 Å². The first-order valence-electron chi connectivity index (χ1n) is 6.93. The maximum atomic E-state index is 12.3. The lowest BCUT2D eigenvalue weighted by Gasteiger charge is -2.30. The maximum Gasteiger partial charge on any atom is 0.396 e. The van der Waals surface area contributed by atoms with Gasteiger partial charge < -0.3 is 15.2 Å². The number of nitrogens with two attached hydrogens (primary N) is 1. The van der Waals surface area contributed by atoms with Crippen LogP contribution in [0.25, 0.3) is 0 Å². The molecular formula is C14H16ClF3N4O. The molecule has 1 aliphatic heterocycles. The minimum atomic E-state index is -4.34. The summed E-state index contributed by atoms with van der Waals surface area (Å²) in [6, 6.07) is 5.64. The van der Waals surface area contributed by atoms with Crippen molar-refractivity contribution in [2.75, 3.05) is 17.2 Å². The monoisotopic (exact) mass is 348 g/mol. The molecule has 1 aliphatic rings. The summed E-state index contributed by atoms with van der Waals surface area (Å²) in [5.74, 6) is -0.165. The molecule has 2 N–H and O–H groups in total. The van der Waals surface area contributed by atoms with E-state index >= 15 is 0 Å². The zero-order chi connectivity index (χ0) is 15.7. The van der Waals surface area contributed by atoms with Crippen molar-refractivity contribution in [2.24, 2.45) is 0 Å². The van der Waals surface area contributed by atoms with Crippen LogP contribution >= 0.6 is 12.4 Å². The summed E-state index contributed by atoms with van der Waals surface area (Å²) >= 11 is 0. The van der Waals surface area contributed by atoms with Crippen molar-refractivity contribution in [1.82, 2.24) is 10.1 Å². The number of alkyl halides is 3. The summed E-state index contributed by atoms with van der Waals surface area (Å²) in [4.78, 5) is 5.81. The maximum absolute atomic E-state index is 12.3. The Morgan fingerprint density at radius 3 is 2.83 bits per heavy atom. The Labute approximate surface area is 137 Å². The quantitative estimate of drug-likeness (QED) is 0.863. The number of halogens is 4. The van der Waals surface area contributed by atoms with E-state index in [1.165, 1.54) is 0 Å². The van der Waals surface area contributed by atoms with E-state index in [0.29, 0.717) is 0 Å². The van der Waals surface area contributed by atoms with Crippen LogP contribution in [-0.2, 0) is 19.4 Å². The number of hydrogen-bond donors (Lipinski definition) is 1. The highest BCUT2D eigenvalue weighted by atomic mass is 35.5. The lowest BCUT2D eigenvalue weighted by atomic mass is 10.00. The third kappa shape index (κ3) is 4.07. The fraction of sp³-hybridized carbons (Fsp3) is 0.429. The van der Waals surface area contributed by atoms with Crippen molar-refractivity contribution < 1.29 is 17.7 Å². The lowest BCUT2D eigenvalue weighted by Crippen LogP contribution is -2.29. The summed E-state index contributed by atoms with van der Waals surface area (Å²) < 4.78 is 41.8. The SMILES string of the molecule is Cl.Nc1cccc2c1CCCN2Cc1nc(CC(F)(F)F)no1. The summed E-state index contributed by atoms with van der Waals surface area (Å²) in [5, 5.41) is 3.38. The van der Waals surface area contributed by atoms with Crippen LogP contribution in [0.5, 0.6) is 0 Å². The molecule has 5 nitrogen and oxygen atoms in total. The summed E-state index contributed by atoms with van der Waals surface area (Å²) in [6.45, 7) is 1.05. The van der Waals surface area contributed by atoms with Crippen molar-refractivity contribution in [1.29, 1.82) is 0 Å². The van der Waals surface area contributed by atoms with Gasteiger partial charge in [0.05, 0.1) is 6.54 Å². The van der Waals surface area contributed by atoms with Crippen molar-refractivity contribution in [3.8, 4) is 0 Å². The molecule has 0 aliphatic carbocycles. The first kappa shape index (κ1) is 17.4. The molecule has 0 radical (unpaired) electrons. The molecule has 0 saturated carbocycles. The van der Waals surface area contributed by atoms with Crippen LogP contribution in [0.1, 0.15) is 23.7 Å². The minimum absolute atomic E-state index is 0. The highest BCUT2D eigenvalue weighted by molar-refractivity contribution is 5.85. The Morgan fingerprint density at radius 2 is 2.09 bits per heavy atom. The van der Waals surface area contributed by atoms with Gasteiger partial charge >= 0.3 is 6.18 Å². The van der Waals surface area contributed by atoms with Crippen molar-refractivity contribution in [3.05, 3.63) is 35.5 Å². The second-order valence-electron chi connectivity index (χ2n) is 5.27. The predicted molar refractivity (Wildman–Crippen MR) is 81.5 cm³/mol. The number of aromatic nitrogens is 2. The van der Waals surface area contributed by atoms with E-state index in [9.17, 15) is 13.2 Å². The van der Waals surface area contributed by atoms with Gasteiger partial charge in [0.1, 0.15) is 6.42 Å². The standard InChI is InChI=1S/C14H15F3N4O.ClH/c15-14(16,17)7-12-19-13(22-20-12)8-21-6-2-3-9-10(18)4-1-5-11(9)21;/h1,4-5H,2-3,6-8,18H2;1H. The zero-order valence-electron chi connectivity index (χ0n) is 12.1. The summed E-state index contributed by atoms with van der Waals surface area (Å²) in [7, 11) is 0. The minimum Gasteiger partial charge on any atom is -0.398 e. The average molecular weight is 349 g/mol. The molecule has 0 bridgehead atoms. The van der Waals surface area contributed by atoms with E-state index in [-0.39, 0.29) is 30.7 Å². The molecule has 9 heteroatoms. The molecule has 2 aromatic rings. The Morgan fingerprint density at radius 1 is 1.30 bits per heavy atom. The van der Waals surface area contributed by atoms with Gasteiger partial charge in [-0.3, -0.25) is 0 Å². The van der Waals surface area contributed by atoms with Crippen molar-refractivity contribution in [3.63, 3.8) is 0 Å². The van der Waals surface area contributed by atoms with Crippen molar-refractivity contribution in [2.45, 2.75) is 32.0 Å². The van der Waals surface area contributed by atoms with Crippen LogP contribution in [0.15, 0.2) is 22.7 Å². The fourth-order valence-electron chi connectivity index (χ4n) is 2.66. The Balaban J connectivity index is 0.00000192. The van der Waals surface area contributed by atoms with Crippen LogP contribution in [0.4, 0.5) is 24.5 Å². The number of fused-ring (bicyclic) bond motifs is 1. The molecule has 2 heterocycles. The molecule has 0 unspecified atom stereocenters. The summed E-state index contributed by atoms with van der Waals surface area (Å²) in [6.07, 6.45) is -3.71. The van der Waals surface area contributed by atoms with E-state index in [1.807, 2.05) is 23.1 Å². The average Bonchev–Trinajstić information content (AvgIpc) is 2.85. The van der Waals surface area contributed by atoms with Gasteiger partial charge in [-0.1, -0.05) is 11.2 Å². The molecule has 0 atom stereocenters. The van der Waals surface area contributed by atoms with Crippen LogP contribution in [0.2, 0.25) is 0 Å². The van der Waals surface area contributed by atoms with Crippen LogP contribution in [0, 0.1) is 0 Å². The fourth-order valence-corrected chi connectivity index (χ4v) is 2.66. The Hall–Kier alpha value is -1.96. The van der Waals surface area contributed by atoms with Crippen LogP contribution in [-0.4, -0.2) is 22.9 Å². The van der Waals surface area contributed by atoms with Gasteiger partial charge in [-0.2, -0.15) is 18.2 Å². The molecular weight excluding hydrogens is 333 g/mol. The first-order chi connectivity index (χ1) is 10.4. The first-order valence-corrected chi connectivity index (χ1v) is 6.93. The number of nitrogen functional groups attached to an aromatic ring is 1. The topological polar surface area (TPSA) is 68.2 Å². The van der Waals surface area contributed by atoms with E-state index in [0.717, 1.165) is 36.3 Å². The lowest BCUT2D eigenvalue weighted by molar-refractivity contribution is -0.128. The normalized spacial score (nSPS) is 14.3. The Kier molecular flexibility index (Phi) is 5.03. The van der Waals surface area contributed by atoms with Crippen LogP contribution in [0.3, 0.4) is 0 Å². The Bertz CT molecular complexity index is 674. The second-order valence-corrected chi connectivity index (χ2v) is 5.27. The summed E-state index contributed by atoms with van der Waals surface area (Å²) in [5.41, 5.74) is 8.73. The molecule has 0 amide bonds. The number of benzene rings is 1. The van der Waals surface area contributed by atoms with Gasteiger partial charge in [0.15, 0.2) is 5.82 Å². The molecule has 3 rings (SSSR count). The second kappa shape index (κ2) is 6.66. The van der Waals surface area contributed by atoms with E-state index < -0.39 is 12.6 Å². The van der Waals surface area contributed by atoms with Crippen LogP contribution < -0.4 is 10.6 Å². The molecule has 0 spiro atoms. The third-order valence-electron chi connectivity index (χ3n) is 3.58. The molecule has 0 saturated heterocycles. The van der Waals surface area contributed by atoms with Gasteiger partial charge in [0.25, 0.3) is 0 Å². The third-order valence-corrected chi connectivity index (χ3v) is 3.58. The number of anilines is 2. The van der Waals surface area contributed by atoms with E-state index in [2.05, 4.69) is 10.1 Å². The van der Waals surface area contributed by atoms with Crippen molar-refractivity contribution >= 4 is 23.8 Å². The van der Waals surface area contributed by atoms with E-state index in [4.69, 9.17) is 10.3 Å². The van der Waals surface area contributed by atoms with Gasteiger partial charge in [-0.15, -0.1) is 12.4 Å². The molecule has 0 fully saturated rings. The molecule has 126 valence electrons. The van der Waals surface area contributed by atoms with Gasteiger partial charge in [-0.25, -0.2) is 0 Å². The number of nitrogens with zero attached hydrogens (tertiary/aromatic N) is 3. The van der Waals surface area contributed by atoms with E-state index in [1.54, 1.807) is 0 Å². The number of rotatable bonds is 3. The smallest absolute Gasteiger partial charge is 0.396 e. The number of hydrogen-bond acceptors (Lipinski definition) is 5. The highest BCUT2D eigenvalue weighted by Gasteiger charge is 2.31. The highest BCUT2D eigenvalue weighted by Crippen LogP contribution is 2.32. The van der Waals surface area contributed by atoms with Gasteiger partial charge in [0.2, 0.25) is 5.89 Å². The zero-order valence-corrected chi connectivity index (χ0v) is 13.0.